The standard InChI is InChI=1S/C31H50O7/c1-6-36-26(34)12-7-18(2)20-10-11-22-21(20)9-8-19(32)15-23-27(3)14-13-25-31(38-29(5,35)37-25)17-30(27,31)16-24(33)28(22,23)4/h18-25,32-33,35H,6-17H2,1-5H3/t18-,19-,20?,21+,22-,23-,24-,25-,27-,28+,29?,30-,31-/m1/s1. The third-order valence-corrected chi connectivity index (χ3v) is 13.2. The first-order valence-electron chi connectivity index (χ1n) is 15.5. The first kappa shape index (κ1) is 27.4. The second-order valence-corrected chi connectivity index (χ2v) is 14.6. The lowest BCUT2D eigenvalue weighted by Crippen LogP contribution is -2.64. The number of carbonyl (C=O) groups excluding carboxylic acids is 1. The van der Waals surface area contributed by atoms with Crippen molar-refractivity contribution in [3.05, 3.63) is 0 Å². The van der Waals surface area contributed by atoms with Gasteiger partial charge in [0.2, 0.25) is 0 Å². The zero-order chi connectivity index (χ0) is 27.3. The molecule has 1 aliphatic heterocycles. The Kier molecular flexibility index (Phi) is 6.41. The number of hydrogen-bond acceptors (Lipinski definition) is 7. The van der Waals surface area contributed by atoms with E-state index in [2.05, 4.69) is 20.8 Å². The number of hydrogen-bond donors (Lipinski definition) is 3. The molecule has 0 radical (unpaired) electrons. The van der Waals surface area contributed by atoms with E-state index in [0.29, 0.717) is 43.1 Å². The van der Waals surface area contributed by atoms with Crippen LogP contribution in [0.4, 0.5) is 0 Å². The minimum atomic E-state index is -1.57. The number of ether oxygens (including phenoxy) is 3. The van der Waals surface area contributed by atoms with Crippen LogP contribution in [0, 0.1) is 45.8 Å². The van der Waals surface area contributed by atoms with Crippen molar-refractivity contribution in [3.63, 3.8) is 0 Å². The fourth-order valence-electron chi connectivity index (χ4n) is 11.4. The molecular weight excluding hydrogens is 484 g/mol. The molecule has 6 aliphatic rings. The lowest BCUT2D eigenvalue weighted by molar-refractivity contribution is -0.309. The maximum Gasteiger partial charge on any atom is 0.305 e. The quantitative estimate of drug-likeness (QED) is 0.445. The van der Waals surface area contributed by atoms with Gasteiger partial charge in [0.05, 0.1) is 24.9 Å². The van der Waals surface area contributed by atoms with E-state index in [1.54, 1.807) is 6.92 Å². The summed E-state index contributed by atoms with van der Waals surface area (Å²) in [6.07, 6.45) is 8.33. The average Bonchev–Trinajstić information content (AvgIpc) is 3.16. The Morgan fingerprint density at radius 2 is 1.87 bits per heavy atom. The van der Waals surface area contributed by atoms with Gasteiger partial charge in [0, 0.05) is 24.2 Å². The first-order valence-corrected chi connectivity index (χ1v) is 15.5. The Morgan fingerprint density at radius 1 is 1.11 bits per heavy atom. The fourth-order valence-corrected chi connectivity index (χ4v) is 11.4. The SMILES string of the molecule is CCOC(=O)CC[C@@H](C)C1CC[C@@H]2[C@H]1CC[C@@H](O)C[C@H]1[C@@]2(C)[C@H](O)C[C@]23C[C@]24OC(C)(O)O[C@@H]4CC[C@]13C. The molecule has 38 heavy (non-hydrogen) atoms. The number of aliphatic hydroxyl groups is 3. The summed E-state index contributed by atoms with van der Waals surface area (Å²) in [4.78, 5) is 12.1. The van der Waals surface area contributed by atoms with Gasteiger partial charge in [0.25, 0.3) is 5.97 Å². The summed E-state index contributed by atoms with van der Waals surface area (Å²) < 4.78 is 17.5. The monoisotopic (exact) mass is 534 g/mol. The first-order chi connectivity index (χ1) is 17.8. The third-order valence-electron chi connectivity index (χ3n) is 13.2. The van der Waals surface area contributed by atoms with E-state index in [4.69, 9.17) is 14.2 Å². The van der Waals surface area contributed by atoms with E-state index in [1.165, 1.54) is 0 Å². The van der Waals surface area contributed by atoms with Gasteiger partial charge in [-0.25, -0.2) is 0 Å². The van der Waals surface area contributed by atoms with Crippen LogP contribution in [-0.2, 0) is 19.0 Å². The Hall–Kier alpha value is -0.730. The maximum absolute atomic E-state index is 12.2. The van der Waals surface area contributed by atoms with Crippen LogP contribution in [-0.4, -0.2) is 57.8 Å². The van der Waals surface area contributed by atoms with Gasteiger partial charge in [0.1, 0.15) is 5.60 Å². The number of esters is 1. The molecule has 1 heterocycles. The zero-order valence-electron chi connectivity index (χ0n) is 24.1. The fraction of sp³-hybridized carbons (Fsp3) is 0.968. The Labute approximate surface area is 228 Å². The molecule has 216 valence electrons. The number of aliphatic hydroxyl groups excluding tert-OH is 2. The summed E-state index contributed by atoms with van der Waals surface area (Å²) in [5.74, 6) is 0.232. The highest BCUT2D eigenvalue weighted by Gasteiger charge is 2.88. The number of carbonyl (C=O) groups is 1. The summed E-state index contributed by atoms with van der Waals surface area (Å²) in [7, 11) is 0. The highest BCUT2D eigenvalue weighted by Crippen LogP contribution is 2.84. The van der Waals surface area contributed by atoms with Crippen LogP contribution in [0.1, 0.15) is 105 Å². The molecule has 0 amide bonds. The van der Waals surface area contributed by atoms with Gasteiger partial charge in [0.15, 0.2) is 0 Å². The van der Waals surface area contributed by atoms with E-state index in [0.717, 1.165) is 57.8 Å². The van der Waals surface area contributed by atoms with Crippen LogP contribution in [0.5, 0.6) is 0 Å². The molecule has 5 aliphatic carbocycles. The molecule has 3 N–H and O–H groups in total. The Balaban J connectivity index is 1.31. The summed E-state index contributed by atoms with van der Waals surface area (Å²) >= 11 is 0. The van der Waals surface area contributed by atoms with Crippen LogP contribution in [0.15, 0.2) is 0 Å². The van der Waals surface area contributed by atoms with Crippen molar-refractivity contribution < 1.29 is 34.3 Å². The number of rotatable bonds is 5. The highest BCUT2D eigenvalue weighted by atomic mass is 16.9. The molecular formula is C31H50O7. The zero-order valence-corrected chi connectivity index (χ0v) is 24.1. The molecule has 5 saturated carbocycles. The van der Waals surface area contributed by atoms with Crippen molar-refractivity contribution >= 4 is 5.97 Å². The highest BCUT2D eigenvalue weighted by molar-refractivity contribution is 5.69. The summed E-state index contributed by atoms with van der Waals surface area (Å²) in [6, 6.07) is 0. The van der Waals surface area contributed by atoms with Crippen LogP contribution in [0.3, 0.4) is 0 Å². The molecule has 0 bridgehead atoms. The largest absolute Gasteiger partial charge is 0.466 e. The maximum atomic E-state index is 12.2. The van der Waals surface area contributed by atoms with Crippen LogP contribution < -0.4 is 0 Å². The van der Waals surface area contributed by atoms with Crippen molar-refractivity contribution in [2.75, 3.05) is 6.61 Å². The van der Waals surface area contributed by atoms with E-state index in [1.807, 2.05) is 6.92 Å². The predicted molar refractivity (Wildman–Crippen MR) is 141 cm³/mol. The molecule has 7 nitrogen and oxygen atoms in total. The van der Waals surface area contributed by atoms with Crippen molar-refractivity contribution in [1.29, 1.82) is 0 Å². The van der Waals surface area contributed by atoms with Gasteiger partial charge in [-0.05, 0) is 106 Å². The third kappa shape index (κ3) is 3.60. The van der Waals surface area contributed by atoms with Crippen LogP contribution in [0.25, 0.3) is 0 Å². The van der Waals surface area contributed by atoms with E-state index >= 15 is 0 Å². The summed E-state index contributed by atoms with van der Waals surface area (Å²) in [6.45, 7) is 10.9. The second kappa shape index (κ2) is 8.88. The molecule has 2 spiro atoms. The average molecular weight is 535 g/mol. The van der Waals surface area contributed by atoms with Crippen LogP contribution >= 0.6 is 0 Å². The lowest BCUT2D eigenvalue weighted by Gasteiger charge is -2.65. The lowest BCUT2D eigenvalue weighted by atomic mass is 9.41. The van der Waals surface area contributed by atoms with Crippen molar-refractivity contribution in [3.8, 4) is 0 Å². The minimum absolute atomic E-state index is 0.0995. The summed E-state index contributed by atoms with van der Waals surface area (Å²) in [5, 5.41) is 34.2. The molecule has 2 unspecified atom stereocenters. The van der Waals surface area contributed by atoms with Gasteiger partial charge in [-0.1, -0.05) is 20.8 Å². The Bertz CT molecular complexity index is 953. The van der Waals surface area contributed by atoms with Gasteiger partial charge in [-0.3, -0.25) is 4.79 Å². The van der Waals surface area contributed by atoms with Crippen molar-refractivity contribution in [2.24, 2.45) is 45.8 Å². The van der Waals surface area contributed by atoms with Crippen molar-refractivity contribution in [1.82, 2.24) is 0 Å². The van der Waals surface area contributed by atoms with Gasteiger partial charge >= 0.3 is 5.97 Å². The topological polar surface area (TPSA) is 105 Å². The number of fused-ring (bicyclic) bond motifs is 4. The predicted octanol–water partition coefficient (Wildman–Crippen LogP) is 4.55. The Morgan fingerprint density at radius 3 is 2.61 bits per heavy atom. The molecule has 7 heteroatoms. The van der Waals surface area contributed by atoms with E-state index in [-0.39, 0.29) is 40.3 Å². The molecule has 0 aromatic carbocycles. The second-order valence-electron chi connectivity index (χ2n) is 14.6. The van der Waals surface area contributed by atoms with Crippen LogP contribution in [0.2, 0.25) is 0 Å². The molecule has 0 aromatic rings. The van der Waals surface area contributed by atoms with Gasteiger partial charge in [-0.2, -0.15) is 0 Å². The normalized spacial score (nSPS) is 55.8. The molecule has 6 fully saturated rings. The minimum Gasteiger partial charge on any atom is -0.466 e. The van der Waals surface area contributed by atoms with E-state index in [9.17, 15) is 20.1 Å². The van der Waals surface area contributed by atoms with Crippen molar-refractivity contribution in [2.45, 2.75) is 135 Å². The summed E-state index contributed by atoms with van der Waals surface area (Å²) in [5.41, 5.74) is -1.15. The molecule has 0 aromatic heterocycles. The molecule has 6 rings (SSSR count). The molecule has 1 saturated heterocycles. The smallest absolute Gasteiger partial charge is 0.305 e. The van der Waals surface area contributed by atoms with Gasteiger partial charge < -0.3 is 29.5 Å². The van der Waals surface area contributed by atoms with E-state index < -0.39 is 17.7 Å². The molecule has 13 atom stereocenters. The van der Waals surface area contributed by atoms with Gasteiger partial charge in [-0.15, -0.1) is 0 Å².